The molecule has 1 N–H and O–H groups in total. The molecule has 34 heavy (non-hydrogen) atoms. The maximum atomic E-state index is 13.4. The van der Waals surface area contributed by atoms with Crippen LogP contribution in [-0.2, 0) is 4.79 Å². The van der Waals surface area contributed by atoms with Crippen LogP contribution in [0.5, 0.6) is 11.5 Å². The second-order valence-corrected chi connectivity index (χ2v) is 7.78. The van der Waals surface area contributed by atoms with Crippen LogP contribution in [0.3, 0.4) is 0 Å². The van der Waals surface area contributed by atoms with Gasteiger partial charge in [0.05, 0.1) is 20.3 Å². The summed E-state index contributed by atoms with van der Waals surface area (Å²) in [5.74, 6) is 1.36. The molecule has 4 heteroatoms. The maximum Gasteiger partial charge on any atom is 0.245 e. The molecule has 0 aliphatic carbocycles. The van der Waals surface area contributed by atoms with Crippen molar-refractivity contribution >= 4 is 11.5 Å². The first-order valence-corrected chi connectivity index (χ1v) is 11.1. The number of benzene rings is 4. The van der Waals surface area contributed by atoms with Crippen molar-refractivity contribution in [3.8, 4) is 11.5 Å². The number of hydrogen-bond acceptors (Lipinski definition) is 3. The fourth-order valence-corrected chi connectivity index (χ4v) is 3.84. The summed E-state index contributed by atoms with van der Waals surface area (Å²) in [6.07, 6.45) is 1.66. The maximum absolute atomic E-state index is 13.4. The van der Waals surface area contributed by atoms with E-state index in [1.54, 1.807) is 20.3 Å². The fourth-order valence-electron chi connectivity index (χ4n) is 3.84. The predicted octanol–water partition coefficient (Wildman–Crippen LogP) is 6.04. The molecule has 0 spiro atoms. The summed E-state index contributed by atoms with van der Waals surface area (Å²) in [6.45, 7) is 0. The molecule has 170 valence electrons. The first kappa shape index (κ1) is 22.9. The van der Waals surface area contributed by atoms with E-state index in [-0.39, 0.29) is 11.9 Å². The third-order valence-electron chi connectivity index (χ3n) is 5.63. The molecule has 0 radical (unpaired) electrons. The van der Waals surface area contributed by atoms with Gasteiger partial charge in [-0.2, -0.15) is 0 Å². The van der Waals surface area contributed by atoms with Crippen molar-refractivity contribution in [2.24, 2.45) is 0 Å². The van der Waals surface area contributed by atoms with Gasteiger partial charge in [0.2, 0.25) is 5.91 Å². The normalized spacial score (nSPS) is 12.0. The summed E-state index contributed by atoms with van der Waals surface area (Å²) >= 11 is 0. The van der Waals surface area contributed by atoms with Crippen LogP contribution in [-0.4, -0.2) is 20.1 Å². The Morgan fingerprint density at radius 3 is 1.68 bits per heavy atom. The Morgan fingerprint density at radius 2 is 1.12 bits per heavy atom. The molecule has 0 aliphatic heterocycles. The van der Waals surface area contributed by atoms with Gasteiger partial charge in [-0.1, -0.05) is 84.9 Å². The number of nitrogens with one attached hydrogen (secondary N) is 1. The Kier molecular flexibility index (Phi) is 7.41. The molecule has 4 rings (SSSR count). The fraction of sp³-hybridized carbons (Fsp3) is 0.100. The first-order chi connectivity index (χ1) is 16.7. The van der Waals surface area contributed by atoms with Crippen LogP contribution in [0.25, 0.3) is 5.57 Å². The molecule has 0 aliphatic rings. The second-order valence-electron chi connectivity index (χ2n) is 7.78. The van der Waals surface area contributed by atoms with Crippen LogP contribution >= 0.6 is 0 Å². The molecule has 4 aromatic carbocycles. The summed E-state index contributed by atoms with van der Waals surface area (Å²) in [5.41, 5.74) is 4.70. The summed E-state index contributed by atoms with van der Waals surface area (Å²) < 4.78 is 10.6. The molecule has 1 amide bonds. The van der Waals surface area contributed by atoms with E-state index in [0.717, 1.165) is 39.3 Å². The molecule has 0 aromatic heterocycles. The van der Waals surface area contributed by atoms with Gasteiger partial charge in [0.15, 0.2) is 0 Å². The average molecular weight is 450 g/mol. The van der Waals surface area contributed by atoms with Gasteiger partial charge in [-0.25, -0.2) is 0 Å². The van der Waals surface area contributed by atoms with E-state index < -0.39 is 0 Å². The lowest BCUT2D eigenvalue weighted by atomic mass is 9.96. The highest BCUT2D eigenvalue weighted by atomic mass is 16.5. The molecular weight excluding hydrogens is 422 g/mol. The summed E-state index contributed by atoms with van der Waals surface area (Å²) in [7, 11) is 3.28. The summed E-state index contributed by atoms with van der Waals surface area (Å²) in [5, 5.41) is 3.20. The van der Waals surface area contributed by atoms with E-state index in [0.29, 0.717) is 0 Å². The number of carbonyl (C=O) groups is 1. The van der Waals surface area contributed by atoms with Crippen LogP contribution in [0.1, 0.15) is 28.3 Å². The zero-order valence-corrected chi connectivity index (χ0v) is 19.3. The molecule has 0 saturated carbocycles. The Morgan fingerprint density at radius 1 is 0.647 bits per heavy atom. The third-order valence-corrected chi connectivity index (χ3v) is 5.63. The monoisotopic (exact) mass is 449 g/mol. The number of ether oxygens (including phenoxy) is 2. The predicted molar refractivity (Wildman–Crippen MR) is 136 cm³/mol. The largest absolute Gasteiger partial charge is 0.497 e. The van der Waals surface area contributed by atoms with Gasteiger partial charge in [0.1, 0.15) is 11.5 Å². The molecule has 1 atom stereocenters. The van der Waals surface area contributed by atoms with Gasteiger partial charge >= 0.3 is 0 Å². The van der Waals surface area contributed by atoms with Crippen molar-refractivity contribution in [2.75, 3.05) is 14.2 Å². The Bertz CT molecular complexity index is 1230. The van der Waals surface area contributed by atoms with E-state index in [2.05, 4.69) is 5.32 Å². The first-order valence-electron chi connectivity index (χ1n) is 11.1. The van der Waals surface area contributed by atoms with Crippen molar-refractivity contribution < 1.29 is 14.3 Å². The van der Waals surface area contributed by atoms with Crippen LogP contribution in [0.2, 0.25) is 0 Å². The average Bonchev–Trinajstić information content (AvgIpc) is 2.91. The number of carbonyl (C=O) groups excluding carboxylic acids is 1. The lowest BCUT2D eigenvalue weighted by Gasteiger charge is -2.20. The highest BCUT2D eigenvalue weighted by molar-refractivity contribution is 5.99. The minimum absolute atomic E-state index is 0.181. The van der Waals surface area contributed by atoms with Gasteiger partial charge in [-0.15, -0.1) is 0 Å². The van der Waals surface area contributed by atoms with Crippen LogP contribution in [0, 0.1) is 0 Å². The van der Waals surface area contributed by atoms with Gasteiger partial charge < -0.3 is 14.8 Å². The van der Waals surface area contributed by atoms with Crippen molar-refractivity contribution in [1.82, 2.24) is 5.32 Å². The van der Waals surface area contributed by atoms with E-state index in [1.165, 1.54) is 0 Å². The third kappa shape index (κ3) is 5.54. The van der Waals surface area contributed by atoms with Gasteiger partial charge in [-0.05, 0) is 52.1 Å². The van der Waals surface area contributed by atoms with Crippen LogP contribution in [0.15, 0.2) is 115 Å². The zero-order valence-electron chi connectivity index (χ0n) is 19.3. The van der Waals surface area contributed by atoms with Gasteiger partial charge in [0.25, 0.3) is 0 Å². The summed E-state index contributed by atoms with van der Waals surface area (Å²) in [6, 6.07) is 35.0. The lowest BCUT2D eigenvalue weighted by molar-refractivity contribution is -0.116. The molecule has 0 saturated heterocycles. The quantitative estimate of drug-likeness (QED) is 0.334. The van der Waals surface area contributed by atoms with Crippen molar-refractivity contribution in [1.29, 1.82) is 0 Å². The molecule has 0 heterocycles. The van der Waals surface area contributed by atoms with Crippen LogP contribution < -0.4 is 14.8 Å². The Hall–Kier alpha value is -4.31. The molecule has 1 unspecified atom stereocenters. The van der Waals surface area contributed by atoms with E-state index in [4.69, 9.17) is 9.47 Å². The highest BCUT2D eigenvalue weighted by Gasteiger charge is 2.17. The minimum atomic E-state index is -0.302. The highest BCUT2D eigenvalue weighted by Crippen LogP contribution is 2.27. The van der Waals surface area contributed by atoms with Crippen molar-refractivity contribution in [3.05, 3.63) is 138 Å². The van der Waals surface area contributed by atoms with E-state index in [1.807, 2.05) is 109 Å². The Labute approximate surface area is 200 Å². The number of methoxy groups -OCH3 is 2. The number of amides is 1. The molecule has 4 nitrogen and oxygen atoms in total. The van der Waals surface area contributed by atoms with Crippen molar-refractivity contribution in [3.63, 3.8) is 0 Å². The lowest BCUT2D eigenvalue weighted by Crippen LogP contribution is -2.28. The minimum Gasteiger partial charge on any atom is -0.497 e. The molecule has 0 bridgehead atoms. The van der Waals surface area contributed by atoms with Gasteiger partial charge in [0, 0.05) is 6.08 Å². The molecule has 4 aromatic rings. The number of rotatable bonds is 8. The summed E-state index contributed by atoms with van der Waals surface area (Å²) in [4.78, 5) is 13.4. The van der Waals surface area contributed by atoms with Crippen LogP contribution in [0.4, 0.5) is 0 Å². The van der Waals surface area contributed by atoms with Gasteiger partial charge in [-0.3, -0.25) is 4.79 Å². The van der Waals surface area contributed by atoms with Crippen molar-refractivity contribution in [2.45, 2.75) is 6.04 Å². The SMILES string of the molecule is COc1ccc(/C(=C\C(=O)NC(c2ccccc2)c2ccc(OC)cc2)c2ccccc2)cc1. The van der Waals surface area contributed by atoms with E-state index in [9.17, 15) is 4.79 Å². The Balaban J connectivity index is 1.69. The number of hydrogen-bond donors (Lipinski definition) is 1. The second kappa shape index (κ2) is 11.0. The standard InChI is InChI=1S/C30H27NO3/c1-33-26-17-13-23(14-18-26)28(22-9-5-3-6-10-22)21-29(32)31-30(24-11-7-4-8-12-24)25-15-19-27(34-2)20-16-25/h3-21,30H,1-2H3,(H,31,32)/b28-21-. The molecule has 0 fully saturated rings. The zero-order chi connectivity index (χ0) is 23.8. The topological polar surface area (TPSA) is 47.6 Å². The van der Waals surface area contributed by atoms with E-state index >= 15 is 0 Å². The smallest absolute Gasteiger partial charge is 0.245 e. The molecular formula is C30H27NO3.